The van der Waals surface area contributed by atoms with Gasteiger partial charge in [0, 0.05) is 26.0 Å². The molecule has 0 spiro atoms. The molecule has 0 fully saturated rings. The number of carbonyl (C=O) groups is 1. The molecule has 0 unspecified atom stereocenters. The van der Waals surface area contributed by atoms with E-state index in [0.29, 0.717) is 35.6 Å². The number of H-pyrrole nitrogens is 1. The van der Waals surface area contributed by atoms with Gasteiger partial charge in [0.1, 0.15) is 5.71 Å². The van der Waals surface area contributed by atoms with Gasteiger partial charge in [-0.1, -0.05) is 0 Å². The number of fused-ring (bicyclic) bond motifs is 1. The lowest BCUT2D eigenvalue weighted by Gasteiger charge is -2.13. The molecule has 1 heterocycles. The molecular weight excluding hydrogens is 320 g/mol. The van der Waals surface area contributed by atoms with Crippen molar-refractivity contribution in [3.05, 3.63) is 28.5 Å². The van der Waals surface area contributed by atoms with Crippen LogP contribution >= 0.6 is 0 Å². The van der Waals surface area contributed by atoms with E-state index in [2.05, 4.69) is 9.98 Å². The van der Waals surface area contributed by atoms with E-state index in [0.717, 1.165) is 12.1 Å². The Kier molecular flexibility index (Phi) is 4.71. The molecule has 1 aromatic rings. The van der Waals surface area contributed by atoms with Gasteiger partial charge in [0.05, 0.1) is 25.1 Å². The minimum Gasteiger partial charge on any atom is -0.395 e. The highest BCUT2D eigenvalue weighted by Crippen LogP contribution is 2.22. The molecule has 0 saturated carbocycles. The third-order valence-corrected chi connectivity index (χ3v) is 4.32. The van der Waals surface area contributed by atoms with Crippen LogP contribution in [0.2, 0.25) is 0 Å². The summed E-state index contributed by atoms with van der Waals surface area (Å²) in [6.07, 6.45) is 1.45. The summed E-state index contributed by atoms with van der Waals surface area (Å²) in [7, 11) is -1.82. The summed E-state index contributed by atoms with van der Waals surface area (Å²) in [6.45, 7) is 4.08. The Hall–Kier alpha value is -2.00. The number of aryl methyl sites for hydroxylation is 1. The molecule has 8 nitrogen and oxygen atoms in total. The summed E-state index contributed by atoms with van der Waals surface area (Å²) in [5, 5.41) is 0. The highest BCUT2D eigenvalue weighted by molar-refractivity contribution is 7.85. The lowest BCUT2D eigenvalue weighted by molar-refractivity contribution is -0.703. The fourth-order valence-corrected chi connectivity index (χ4v) is 3.04. The zero-order valence-electron chi connectivity index (χ0n) is 13.6. The topological polar surface area (TPSA) is 118 Å². The Morgan fingerprint density at radius 2 is 2.00 bits per heavy atom. The number of Topliss-reactive ketones (excluding diaryl/α,β-unsaturated/α-hetero) is 1. The van der Waals surface area contributed by atoms with Crippen LogP contribution in [-0.2, 0) is 20.8 Å². The van der Waals surface area contributed by atoms with Crippen LogP contribution < -0.4 is 10.3 Å². The molecule has 1 aliphatic rings. The predicted octanol–water partition coefficient (Wildman–Crippen LogP) is -0.175. The molecule has 126 valence electrons. The van der Waals surface area contributed by atoms with Crippen LogP contribution in [0.5, 0.6) is 0 Å². The van der Waals surface area contributed by atoms with Crippen molar-refractivity contribution in [2.75, 3.05) is 19.9 Å². The van der Waals surface area contributed by atoms with Gasteiger partial charge in [-0.05, 0) is 6.92 Å². The van der Waals surface area contributed by atoms with Crippen molar-refractivity contribution in [1.82, 2.24) is 4.98 Å². The minimum atomic E-state index is -3.46. The molecule has 0 bridgehead atoms. The smallest absolute Gasteiger partial charge is 0.264 e. The fourth-order valence-electron chi connectivity index (χ4n) is 2.62. The van der Waals surface area contributed by atoms with E-state index in [4.69, 9.17) is 9.92 Å². The summed E-state index contributed by atoms with van der Waals surface area (Å²) in [5.41, 5.74) is 8.49. The van der Waals surface area contributed by atoms with Crippen LogP contribution in [0.1, 0.15) is 35.4 Å². The van der Waals surface area contributed by atoms with Crippen LogP contribution in [0.25, 0.3) is 0 Å². The lowest BCUT2D eigenvalue weighted by atomic mass is 9.95. The van der Waals surface area contributed by atoms with Crippen molar-refractivity contribution >= 4 is 21.6 Å². The first-order valence-electron chi connectivity index (χ1n) is 7.12. The third-order valence-electron chi connectivity index (χ3n) is 3.72. The maximum atomic E-state index is 12.5. The van der Waals surface area contributed by atoms with Gasteiger partial charge in [-0.3, -0.25) is 14.0 Å². The highest BCUT2D eigenvalue weighted by atomic mass is 32.2. The molecule has 3 N–H and O–H groups in total. The van der Waals surface area contributed by atoms with E-state index < -0.39 is 10.1 Å². The number of aromatic amines is 1. The first kappa shape index (κ1) is 17.4. The monoisotopic (exact) mass is 341 g/mol. The Morgan fingerprint density at radius 3 is 2.57 bits per heavy atom. The molecule has 0 saturated heterocycles. The number of hydrogen-bond acceptors (Lipinski definition) is 6. The fraction of sp³-hybridized carbons (Fsp3) is 0.500. The summed E-state index contributed by atoms with van der Waals surface area (Å²) in [6, 6.07) is 0. The average Bonchev–Trinajstić information content (AvgIpc) is 2.77. The number of nitrogens with zero attached hydrogens (tertiary/aromatic N) is 2. The van der Waals surface area contributed by atoms with Crippen molar-refractivity contribution in [2.45, 2.75) is 26.8 Å². The van der Waals surface area contributed by atoms with E-state index in [1.165, 1.54) is 0 Å². The molecule has 1 aliphatic carbocycles. The van der Waals surface area contributed by atoms with Gasteiger partial charge in [0.15, 0.2) is 0 Å². The molecule has 23 heavy (non-hydrogen) atoms. The number of allylic oxidation sites excluding steroid dienone is 2. The summed E-state index contributed by atoms with van der Waals surface area (Å²) < 4.78 is 28.5. The van der Waals surface area contributed by atoms with Crippen molar-refractivity contribution in [2.24, 2.45) is 10.7 Å². The second-order valence-electron chi connectivity index (χ2n) is 5.41. The molecule has 0 radical (unpaired) electrons. The van der Waals surface area contributed by atoms with Crippen LogP contribution in [-0.4, -0.2) is 44.8 Å². The first-order chi connectivity index (χ1) is 10.7. The second-order valence-corrected chi connectivity index (χ2v) is 7.05. The molecular formula is C14H21N4O4S+. The number of nitrogens with two attached hydrogens (primary N) is 1. The molecule has 2 rings (SSSR count). The number of carbonyl (C=O) groups excluding carboxylic acids is 1. The Bertz CT molecular complexity index is 818. The van der Waals surface area contributed by atoms with Gasteiger partial charge in [0.25, 0.3) is 21.7 Å². The van der Waals surface area contributed by atoms with Gasteiger partial charge in [0.2, 0.25) is 11.4 Å². The average molecular weight is 341 g/mol. The lowest BCUT2D eigenvalue weighted by Crippen LogP contribution is -2.44. The number of aromatic nitrogens is 2. The zero-order chi connectivity index (χ0) is 17.4. The second kappa shape index (κ2) is 6.25. The predicted molar refractivity (Wildman–Crippen MR) is 84.8 cm³/mol. The van der Waals surface area contributed by atoms with Gasteiger partial charge < -0.3 is 5.73 Å². The van der Waals surface area contributed by atoms with Crippen molar-refractivity contribution < 1.29 is 22.0 Å². The number of ketones is 1. The van der Waals surface area contributed by atoms with Gasteiger partial charge in [-0.2, -0.15) is 8.42 Å². The van der Waals surface area contributed by atoms with E-state index in [-0.39, 0.29) is 18.1 Å². The van der Waals surface area contributed by atoms with Crippen LogP contribution in [0, 0.1) is 6.92 Å². The number of hydrogen-bond donors (Lipinski definition) is 2. The number of imidazole rings is 1. The molecule has 0 aromatic carbocycles. The van der Waals surface area contributed by atoms with Gasteiger partial charge in [-0.15, -0.1) is 0 Å². The molecule has 9 heteroatoms. The minimum absolute atomic E-state index is 0.0541. The van der Waals surface area contributed by atoms with E-state index in [1.807, 2.05) is 6.92 Å². The van der Waals surface area contributed by atoms with Gasteiger partial charge >= 0.3 is 0 Å². The van der Waals surface area contributed by atoms with E-state index in [9.17, 15) is 13.2 Å². The van der Waals surface area contributed by atoms with E-state index >= 15 is 0 Å². The Labute approximate surface area is 135 Å². The molecule has 0 aliphatic heterocycles. The Morgan fingerprint density at radius 1 is 1.35 bits per heavy atom. The largest absolute Gasteiger partial charge is 0.395 e. The third kappa shape index (κ3) is 3.35. The van der Waals surface area contributed by atoms with Crippen molar-refractivity contribution in [1.29, 1.82) is 0 Å². The maximum Gasteiger partial charge on any atom is 0.264 e. The maximum absolute atomic E-state index is 12.5. The normalized spacial score (nSPS) is 17.0. The quantitative estimate of drug-likeness (QED) is 0.438. The van der Waals surface area contributed by atoms with Crippen molar-refractivity contribution in [3.8, 4) is 0 Å². The van der Waals surface area contributed by atoms with Crippen LogP contribution in [0.4, 0.5) is 0 Å². The Balaban J connectivity index is 2.31. The SMILES string of the molecule is CN=C1C(C)=C(N)C(=O)c2c1[nH]c(C)[n+]2CCCOS(C)(=O)=O. The standard InChI is InChI=1S/C14H20N4O4S/c1-8-10(15)14(19)13-12(11(8)16-3)17-9(2)18(13)6-5-7-22-23(4,20)21/h5-7H2,1-4H3,(H2,15,16)/p+1. The first-order valence-corrected chi connectivity index (χ1v) is 8.94. The number of aliphatic imine (C=N–C) groups is 1. The summed E-state index contributed by atoms with van der Waals surface area (Å²) in [4.78, 5) is 19.9. The zero-order valence-corrected chi connectivity index (χ0v) is 14.5. The molecule has 0 atom stereocenters. The summed E-state index contributed by atoms with van der Waals surface area (Å²) in [5.74, 6) is 0.518. The van der Waals surface area contributed by atoms with Gasteiger partial charge in [-0.25, -0.2) is 9.55 Å². The van der Waals surface area contributed by atoms with Crippen LogP contribution in [0.3, 0.4) is 0 Å². The van der Waals surface area contributed by atoms with E-state index in [1.54, 1.807) is 18.5 Å². The number of nitrogens with one attached hydrogen (secondary N) is 1. The van der Waals surface area contributed by atoms with Crippen LogP contribution in [0.15, 0.2) is 16.3 Å². The molecule has 0 amide bonds. The highest BCUT2D eigenvalue weighted by Gasteiger charge is 2.37. The summed E-state index contributed by atoms with van der Waals surface area (Å²) >= 11 is 0. The van der Waals surface area contributed by atoms with Crippen molar-refractivity contribution in [3.63, 3.8) is 0 Å². The number of rotatable bonds is 5. The molecule has 1 aromatic heterocycles.